The maximum atomic E-state index is 15.4. The van der Waals surface area contributed by atoms with Crippen molar-refractivity contribution in [3.63, 3.8) is 0 Å². The Morgan fingerprint density at radius 1 is 0.722 bits per heavy atom. The quantitative estimate of drug-likeness (QED) is 0.0876. The summed E-state index contributed by atoms with van der Waals surface area (Å²) >= 11 is 3.19. The van der Waals surface area contributed by atoms with Gasteiger partial charge in [0.05, 0.1) is 30.1 Å². The summed E-state index contributed by atoms with van der Waals surface area (Å²) in [5, 5.41) is 9.00. The molecule has 17 nitrogen and oxygen atoms in total. The van der Waals surface area contributed by atoms with Crippen molar-refractivity contribution in [1.29, 1.82) is 0 Å². The highest BCUT2D eigenvalue weighted by Gasteiger charge is 2.33. The van der Waals surface area contributed by atoms with Crippen LogP contribution in [-0.2, 0) is 35.5 Å². The Labute approximate surface area is 464 Å². The number of rotatable bonds is 16. The maximum absolute atomic E-state index is 15.4. The average molecular weight is 1100 g/mol. The second-order valence-corrected chi connectivity index (χ2v) is 22.6. The largest absolute Gasteiger partial charge is 0.457 e. The lowest BCUT2D eigenvalue weighted by atomic mass is 10.0. The van der Waals surface area contributed by atoms with E-state index in [-0.39, 0.29) is 17.7 Å². The highest BCUT2D eigenvalue weighted by atomic mass is 32.1. The Morgan fingerprint density at radius 3 is 1.95 bits per heavy atom. The number of amides is 2. The SMILES string of the molecule is Cc1ccc(Oc2ccc(Nc3ncnc4sc5c(c34)CCN(C(=O)/C=C/CN3CC(CN(C)C/C=C/C(=O)N4CCc6c(sc7ncnc(Nc8ccc(Oc9ccn%10ccnc%10c9)c(C)c8)c67)C4)[C@H](F)C3)C5)cc2C)cn1. The van der Waals surface area contributed by atoms with Gasteiger partial charge in [0, 0.05) is 115 Å². The van der Waals surface area contributed by atoms with E-state index in [2.05, 4.69) is 50.3 Å². The number of carbonyl (C=O) groups is 2. The zero-order valence-electron chi connectivity index (χ0n) is 44.2. The van der Waals surface area contributed by atoms with E-state index in [1.54, 1.807) is 59.9 Å². The van der Waals surface area contributed by atoms with Gasteiger partial charge >= 0.3 is 0 Å². The molecule has 20 heteroatoms. The molecular formula is C59H58FN13O4S2. The number of likely N-dealkylation sites (tertiary alicyclic amines) is 1. The molecule has 0 radical (unpaired) electrons. The third-order valence-electron chi connectivity index (χ3n) is 14.8. The fourth-order valence-corrected chi connectivity index (χ4v) is 13.1. The third kappa shape index (κ3) is 11.3. The van der Waals surface area contributed by atoms with E-state index in [1.807, 2.05) is 127 Å². The lowest BCUT2D eigenvalue weighted by molar-refractivity contribution is -0.127. The van der Waals surface area contributed by atoms with E-state index in [9.17, 15) is 9.59 Å². The first-order chi connectivity index (χ1) is 38.4. The molecule has 1 unspecified atom stereocenters. The first-order valence-corrected chi connectivity index (χ1v) is 28.0. The summed E-state index contributed by atoms with van der Waals surface area (Å²) in [5.74, 6) is 4.05. The molecule has 2 N–H and O–H groups in total. The molecule has 0 spiro atoms. The van der Waals surface area contributed by atoms with Crippen LogP contribution < -0.4 is 20.1 Å². The highest BCUT2D eigenvalue weighted by Crippen LogP contribution is 2.41. The number of nitrogens with one attached hydrogen (secondary N) is 2. The molecule has 1 saturated heterocycles. The van der Waals surface area contributed by atoms with E-state index in [4.69, 9.17) is 9.47 Å². The van der Waals surface area contributed by atoms with Crippen molar-refractivity contribution >= 4 is 83.6 Å². The number of hydrogen-bond acceptors (Lipinski definition) is 16. The van der Waals surface area contributed by atoms with Gasteiger partial charge < -0.3 is 39.2 Å². The number of ether oxygens (including phenoxy) is 2. The number of aromatic nitrogens is 7. The molecule has 402 valence electrons. The first kappa shape index (κ1) is 51.6. The number of hydrogen-bond donors (Lipinski definition) is 2. The summed E-state index contributed by atoms with van der Waals surface area (Å²) in [6, 6.07) is 19.5. The minimum absolute atomic E-state index is 0.0533. The van der Waals surface area contributed by atoms with Gasteiger partial charge in [0.25, 0.3) is 0 Å². The molecule has 3 aliphatic heterocycles. The highest BCUT2D eigenvalue weighted by molar-refractivity contribution is 7.19. The van der Waals surface area contributed by atoms with Crippen molar-refractivity contribution in [3.8, 4) is 23.0 Å². The van der Waals surface area contributed by atoms with Crippen LogP contribution in [-0.4, -0.2) is 125 Å². The molecule has 79 heavy (non-hydrogen) atoms. The number of carbonyl (C=O) groups excluding carboxylic acids is 2. The van der Waals surface area contributed by atoms with Crippen LogP contribution in [0.15, 0.2) is 122 Å². The maximum Gasteiger partial charge on any atom is 0.246 e. The molecule has 0 saturated carbocycles. The van der Waals surface area contributed by atoms with Crippen LogP contribution in [0.2, 0.25) is 0 Å². The second-order valence-electron chi connectivity index (χ2n) is 20.5. The van der Waals surface area contributed by atoms with Crippen molar-refractivity contribution in [2.75, 3.05) is 63.5 Å². The van der Waals surface area contributed by atoms with Gasteiger partial charge in [-0.15, -0.1) is 22.7 Å². The lowest BCUT2D eigenvalue weighted by Gasteiger charge is -2.26. The Hall–Kier alpha value is -8.17. The Bertz CT molecular complexity index is 3820. The molecule has 1 fully saturated rings. The van der Waals surface area contributed by atoms with Gasteiger partial charge in [-0.3, -0.25) is 19.5 Å². The van der Waals surface area contributed by atoms with Crippen LogP contribution in [0.3, 0.4) is 0 Å². The van der Waals surface area contributed by atoms with Crippen molar-refractivity contribution in [3.05, 3.63) is 160 Å². The predicted octanol–water partition coefficient (Wildman–Crippen LogP) is 10.5. The van der Waals surface area contributed by atoms with Crippen molar-refractivity contribution < 1.29 is 23.5 Å². The number of thiophene rings is 2. The second kappa shape index (κ2) is 22.3. The fourth-order valence-electron chi connectivity index (χ4n) is 10.7. The van der Waals surface area contributed by atoms with E-state index >= 15 is 4.39 Å². The molecule has 2 amide bonds. The number of nitrogens with zero attached hydrogens (tertiary/aromatic N) is 11. The van der Waals surface area contributed by atoms with Crippen molar-refractivity contribution in [1.82, 2.24) is 53.9 Å². The zero-order chi connectivity index (χ0) is 54.1. The minimum atomic E-state index is -0.990. The molecule has 12 rings (SSSR count). The van der Waals surface area contributed by atoms with Gasteiger partial charge in [0.2, 0.25) is 11.8 Å². The van der Waals surface area contributed by atoms with Gasteiger partial charge in [-0.1, -0.05) is 12.2 Å². The van der Waals surface area contributed by atoms with Crippen LogP contribution in [0.4, 0.5) is 27.4 Å². The lowest BCUT2D eigenvalue weighted by Crippen LogP contribution is -2.34. The summed E-state index contributed by atoms with van der Waals surface area (Å²) in [6.45, 7) is 10.5. The topological polar surface area (TPSA) is 171 Å². The first-order valence-electron chi connectivity index (χ1n) is 26.4. The minimum Gasteiger partial charge on any atom is -0.457 e. The van der Waals surface area contributed by atoms with Gasteiger partial charge in [-0.25, -0.2) is 29.3 Å². The van der Waals surface area contributed by atoms with Crippen LogP contribution in [0.25, 0.3) is 26.1 Å². The number of halogens is 1. The summed E-state index contributed by atoms with van der Waals surface area (Å²) < 4.78 is 29.7. The summed E-state index contributed by atoms with van der Waals surface area (Å²) in [4.78, 5) is 66.0. The van der Waals surface area contributed by atoms with Gasteiger partial charge in [0.1, 0.15) is 68.8 Å². The zero-order valence-corrected chi connectivity index (χ0v) is 45.9. The number of likely N-dealkylation sites (N-methyl/N-ethyl adjacent to an activating group) is 1. The summed E-state index contributed by atoms with van der Waals surface area (Å²) in [5.41, 5.74) is 7.77. The van der Waals surface area contributed by atoms with E-state index in [1.165, 1.54) is 11.1 Å². The van der Waals surface area contributed by atoms with E-state index < -0.39 is 6.17 Å². The molecule has 9 aromatic rings. The van der Waals surface area contributed by atoms with Crippen LogP contribution in [0, 0.1) is 26.7 Å². The summed E-state index contributed by atoms with van der Waals surface area (Å²) in [7, 11) is 1.96. The number of aryl methyl sites for hydroxylation is 3. The molecule has 2 aromatic carbocycles. The molecule has 0 aliphatic carbocycles. The van der Waals surface area contributed by atoms with Gasteiger partial charge in [-0.2, -0.15) is 0 Å². The van der Waals surface area contributed by atoms with E-state index in [0.29, 0.717) is 83.2 Å². The standard InChI is InChI=1S/C59H58FN13O4S2/c1-36-25-40(10-13-47(36)76-42-15-21-71-24-18-61-51(71)27-42)67-56-54-44-16-22-72(32-49(44)78-58(54)65-34-63-56)52(74)7-5-19-69(4)29-39-30-70(31-46(39)60)20-6-8-53(75)73-23-17-45-50(33-73)79-59-55(45)57(64-35-66-59)68-41-11-14-48(37(2)26-41)77-43-12-9-38(3)62-28-43/h5-15,18,21,24-28,34-35,39,46H,16-17,19-20,22-23,29-33H2,1-4H3,(H,63,65,67)(H,64,66,68)/b7-5+,8-6+/t39?,46-/m1/s1. The molecule has 7 aromatic heterocycles. The van der Waals surface area contributed by atoms with Crippen molar-refractivity contribution in [2.24, 2.45) is 5.92 Å². The number of anilines is 4. The normalized spacial score (nSPS) is 16.7. The fraction of sp³-hybridized carbons (Fsp3) is 0.288. The third-order valence-corrected chi connectivity index (χ3v) is 17.0. The van der Waals surface area contributed by atoms with Gasteiger partial charge in [0.15, 0.2) is 0 Å². The number of alkyl halides is 1. The molecular weight excluding hydrogens is 1040 g/mol. The van der Waals surface area contributed by atoms with Gasteiger partial charge in [-0.05, 0) is 118 Å². The Balaban J connectivity index is 0.593. The van der Waals surface area contributed by atoms with Crippen molar-refractivity contribution in [2.45, 2.75) is 52.9 Å². The smallest absolute Gasteiger partial charge is 0.246 e. The summed E-state index contributed by atoms with van der Waals surface area (Å²) in [6.07, 6.45) is 17.8. The Kier molecular flexibility index (Phi) is 14.6. The Morgan fingerprint density at radius 2 is 1.34 bits per heavy atom. The average Bonchev–Trinajstić information content (AvgIpc) is 4.44. The molecule has 2 atom stereocenters. The van der Waals surface area contributed by atoms with Crippen LogP contribution in [0.5, 0.6) is 23.0 Å². The monoisotopic (exact) mass is 1100 g/mol. The number of fused-ring (bicyclic) bond motifs is 7. The number of imidazole rings is 1. The van der Waals surface area contributed by atoms with E-state index in [0.717, 1.165) is 87.2 Å². The molecule has 10 heterocycles. The van der Waals surface area contributed by atoms with Crippen LogP contribution in [0.1, 0.15) is 37.7 Å². The molecule has 3 aliphatic rings. The van der Waals surface area contributed by atoms with Crippen LogP contribution >= 0.6 is 22.7 Å². The molecule has 0 bridgehead atoms. The number of benzene rings is 2. The number of pyridine rings is 2. The predicted molar refractivity (Wildman–Crippen MR) is 307 cm³/mol.